The number of amides is 2. The maximum atomic E-state index is 12.0. The van der Waals surface area contributed by atoms with Crippen molar-refractivity contribution in [3.8, 4) is 0 Å². The molecule has 2 amide bonds. The fourth-order valence-corrected chi connectivity index (χ4v) is 2.30. The van der Waals surface area contributed by atoms with Gasteiger partial charge in [-0.25, -0.2) is 4.79 Å². The molecule has 0 aliphatic carbocycles. The molecule has 1 saturated heterocycles. The summed E-state index contributed by atoms with van der Waals surface area (Å²) in [6, 6.07) is 3.96. The Hall–Kier alpha value is -1.45. The van der Waals surface area contributed by atoms with Gasteiger partial charge in [-0.15, -0.1) is 0 Å². The van der Waals surface area contributed by atoms with Crippen molar-refractivity contribution in [3.05, 3.63) is 24.2 Å². The second-order valence-electron chi connectivity index (χ2n) is 5.30. The molecular weight excluding hydrogens is 228 g/mol. The third-order valence-electron chi connectivity index (χ3n) is 3.53. The summed E-state index contributed by atoms with van der Waals surface area (Å²) in [5.74, 6) is 1.66. The minimum atomic E-state index is 0.0564. The highest BCUT2D eigenvalue weighted by molar-refractivity contribution is 5.74. The summed E-state index contributed by atoms with van der Waals surface area (Å²) in [6.07, 6.45) is 4.62. The predicted octanol–water partition coefficient (Wildman–Crippen LogP) is 2.65. The number of hydrogen-bond donors (Lipinski definition) is 1. The lowest BCUT2D eigenvalue weighted by atomic mass is 10.00. The van der Waals surface area contributed by atoms with Crippen molar-refractivity contribution in [2.75, 3.05) is 13.1 Å². The second-order valence-corrected chi connectivity index (χ2v) is 5.30. The highest BCUT2D eigenvalue weighted by Crippen LogP contribution is 2.16. The number of carbonyl (C=O) groups excluding carboxylic acids is 1. The van der Waals surface area contributed by atoms with Gasteiger partial charge in [0, 0.05) is 25.6 Å². The van der Waals surface area contributed by atoms with Crippen molar-refractivity contribution in [1.82, 2.24) is 10.2 Å². The van der Waals surface area contributed by atoms with Crippen LogP contribution in [0, 0.1) is 5.92 Å². The van der Waals surface area contributed by atoms with Gasteiger partial charge in [-0.2, -0.15) is 0 Å². The van der Waals surface area contributed by atoms with E-state index in [0.717, 1.165) is 44.0 Å². The Kier molecular flexibility index (Phi) is 4.28. The van der Waals surface area contributed by atoms with Gasteiger partial charge in [-0.3, -0.25) is 0 Å². The highest BCUT2D eigenvalue weighted by Gasteiger charge is 2.21. The summed E-state index contributed by atoms with van der Waals surface area (Å²) in [4.78, 5) is 13.9. The lowest BCUT2D eigenvalue weighted by Crippen LogP contribution is -2.47. The zero-order valence-corrected chi connectivity index (χ0v) is 11.2. The molecule has 1 aromatic rings. The summed E-state index contributed by atoms with van der Waals surface area (Å²) >= 11 is 0. The average molecular weight is 250 g/mol. The normalized spacial score (nSPS) is 18.7. The fourth-order valence-electron chi connectivity index (χ4n) is 2.30. The fraction of sp³-hybridized carbons (Fsp3) is 0.643. The minimum Gasteiger partial charge on any atom is -0.469 e. The van der Waals surface area contributed by atoms with Crippen LogP contribution in [0.3, 0.4) is 0 Å². The van der Waals surface area contributed by atoms with Crippen LogP contribution in [0.5, 0.6) is 0 Å². The molecule has 18 heavy (non-hydrogen) atoms. The van der Waals surface area contributed by atoms with E-state index in [-0.39, 0.29) is 12.1 Å². The molecule has 0 radical (unpaired) electrons. The molecule has 1 aliphatic heterocycles. The Morgan fingerprint density at radius 2 is 2.28 bits per heavy atom. The van der Waals surface area contributed by atoms with Gasteiger partial charge in [0.05, 0.1) is 6.26 Å². The zero-order chi connectivity index (χ0) is 13.0. The summed E-state index contributed by atoms with van der Waals surface area (Å²) in [7, 11) is 0. The van der Waals surface area contributed by atoms with Crippen LogP contribution < -0.4 is 5.32 Å². The zero-order valence-electron chi connectivity index (χ0n) is 11.2. The number of carbonyl (C=O) groups is 1. The molecule has 2 heterocycles. The lowest BCUT2D eigenvalue weighted by Gasteiger charge is -2.31. The van der Waals surface area contributed by atoms with Crippen molar-refractivity contribution in [1.29, 1.82) is 0 Å². The molecule has 100 valence electrons. The number of nitrogens with zero attached hydrogens (tertiary/aromatic N) is 1. The van der Waals surface area contributed by atoms with Gasteiger partial charge in [0.15, 0.2) is 0 Å². The first-order valence-electron chi connectivity index (χ1n) is 6.73. The maximum absolute atomic E-state index is 12.0. The Balaban J connectivity index is 1.76. The average Bonchev–Trinajstić information content (AvgIpc) is 2.82. The maximum Gasteiger partial charge on any atom is 0.317 e. The first kappa shape index (κ1) is 13.0. The van der Waals surface area contributed by atoms with Crippen LogP contribution in [0.1, 0.15) is 32.4 Å². The number of rotatable bonds is 3. The van der Waals surface area contributed by atoms with Crippen LogP contribution >= 0.6 is 0 Å². The van der Waals surface area contributed by atoms with Crippen molar-refractivity contribution in [3.63, 3.8) is 0 Å². The lowest BCUT2D eigenvalue weighted by molar-refractivity contribution is 0.171. The molecule has 2 rings (SSSR count). The number of furan rings is 1. The standard InChI is InChI=1S/C14H22N2O2/c1-11-5-7-16(8-6-11)14(17)15-12(2)10-13-4-3-9-18-13/h3-4,9,11-12H,5-8,10H2,1-2H3,(H,15,17). The molecule has 1 fully saturated rings. The van der Waals surface area contributed by atoms with Crippen molar-refractivity contribution in [2.24, 2.45) is 5.92 Å². The predicted molar refractivity (Wildman–Crippen MR) is 70.4 cm³/mol. The summed E-state index contributed by atoms with van der Waals surface area (Å²) in [5, 5.41) is 3.03. The van der Waals surface area contributed by atoms with E-state index >= 15 is 0 Å². The van der Waals surface area contributed by atoms with Gasteiger partial charge < -0.3 is 14.6 Å². The second kappa shape index (κ2) is 5.94. The molecule has 4 heteroatoms. The molecular formula is C14H22N2O2. The van der Waals surface area contributed by atoms with Gasteiger partial charge in [-0.1, -0.05) is 6.92 Å². The highest BCUT2D eigenvalue weighted by atomic mass is 16.3. The van der Waals surface area contributed by atoms with Crippen molar-refractivity contribution in [2.45, 2.75) is 39.2 Å². The minimum absolute atomic E-state index is 0.0564. The van der Waals surface area contributed by atoms with Crippen molar-refractivity contribution < 1.29 is 9.21 Å². The number of nitrogens with one attached hydrogen (secondary N) is 1. The topological polar surface area (TPSA) is 45.5 Å². The van der Waals surface area contributed by atoms with Gasteiger partial charge in [0.1, 0.15) is 5.76 Å². The Bertz CT molecular complexity index is 367. The van der Waals surface area contributed by atoms with Crippen LogP contribution in [0.25, 0.3) is 0 Å². The molecule has 1 aliphatic rings. The SMILES string of the molecule is CC1CCN(C(=O)NC(C)Cc2ccco2)CC1. The number of urea groups is 1. The van der Waals surface area contributed by atoms with Crippen LogP contribution in [-0.2, 0) is 6.42 Å². The van der Waals surface area contributed by atoms with Crippen LogP contribution in [-0.4, -0.2) is 30.1 Å². The van der Waals surface area contributed by atoms with Crippen molar-refractivity contribution >= 4 is 6.03 Å². The summed E-state index contributed by atoms with van der Waals surface area (Å²) in [5.41, 5.74) is 0. The molecule has 1 N–H and O–H groups in total. The summed E-state index contributed by atoms with van der Waals surface area (Å²) < 4.78 is 5.28. The van der Waals surface area contributed by atoms with E-state index in [4.69, 9.17) is 4.42 Å². The summed E-state index contributed by atoms with van der Waals surface area (Å²) in [6.45, 7) is 6.00. The van der Waals surface area contributed by atoms with Gasteiger partial charge in [0.2, 0.25) is 0 Å². The van der Waals surface area contributed by atoms with Crippen LogP contribution in [0.2, 0.25) is 0 Å². The first-order chi connectivity index (χ1) is 8.65. The Labute approximate surface area is 108 Å². The van der Waals surface area contributed by atoms with Gasteiger partial charge in [0.25, 0.3) is 0 Å². The Morgan fingerprint density at radius 1 is 1.56 bits per heavy atom. The molecule has 0 bridgehead atoms. The number of piperidine rings is 1. The van der Waals surface area contributed by atoms with Crippen LogP contribution in [0.4, 0.5) is 4.79 Å². The largest absolute Gasteiger partial charge is 0.469 e. The third kappa shape index (κ3) is 3.52. The molecule has 0 saturated carbocycles. The van der Waals surface area contributed by atoms with E-state index in [0.29, 0.717) is 0 Å². The Morgan fingerprint density at radius 3 is 2.89 bits per heavy atom. The molecule has 1 unspecified atom stereocenters. The quantitative estimate of drug-likeness (QED) is 0.896. The number of likely N-dealkylation sites (tertiary alicyclic amines) is 1. The van der Waals surface area contributed by atoms with E-state index in [1.165, 1.54) is 0 Å². The molecule has 4 nitrogen and oxygen atoms in total. The van der Waals surface area contributed by atoms with E-state index in [1.807, 2.05) is 24.0 Å². The smallest absolute Gasteiger partial charge is 0.317 e. The van der Waals surface area contributed by atoms with Crippen LogP contribution in [0.15, 0.2) is 22.8 Å². The number of hydrogen-bond acceptors (Lipinski definition) is 2. The van der Waals surface area contributed by atoms with E-state index in [1.54, 1.807) is 6.26 Å². The third-order valence-corrected chi connectivity index (χ3v) is 3.53. The molecule has 1 atom stereocenters. The first-order valence-corrected chi connectivity index (χ1v) is 6.73. The molecule has 1 aromatic heterocycles. The molecule has 0 spiro atoms. The van der Waals surface area contributed by atoms with E-state index in [9.17, 15) is 4.79 Å². The molecule has 0 aromatic carbocycles. The van der Waals surface area contributed by atoms with Gasteiger partial charge in [-0.05, 0) is 37.8 Å². The van der Waals surface area contributed by atoms with Gasteiger partial charge >= 0.3 is 6.03 Å². The monoisotopic (exact) mass is 250 g/mol. The van der Waals surface area contributed by atoms with E-state index < -0.39 is 0 Å². The van der Waals surface area contributed by atoms with E-state index in [2.05, 4.69) is 12.2 Å².